The van der Waals surface area contributed by atoms with E-state index in [1.165, 1.54) is 19.1 Å². The Hall–Kier alpha value is -2.37. The minimum absolute atomic E-state index is 0.00929. The topological polar surface area (TPSA) is 68.5 Å². The van der Waals surface area contributed by atoms with Crippen LogP contribution in [0.2, 0.25) is 0 Å². The van der Waals surface area contributed by atoms with E-state index in [-0.39, 0.29) is 17.3 Å². The number of esters is 1. The van der Waals surface area contributed by atoms with E-state index in [2.05, 4.69) is 5.32 Å². The van der Waals surface area contributed by atoms with Gasteiger partial charge in [-0.3, -0.25) is 4.79 Å². The smallest absolute Gasteiger partial charge is 0.375 e. The zero-order valence-electron chi connectivity index (χ0n) is 12.7. The van der Waals surface area contributed by atoms with Gasteiger partial charge in [-0.2, -0.15) is 0 Å². The number of amides is 1. The molecule has 0 unspecified atom stereocenters. The largest absolute Gasteiger partial charge is 0.447 e. The first-order chi connectivity index (χ1) is 10.5. The minimum atomic E-state index is -0.948. The molecule has 5 nitrogen and oxygen atoms in total. The maximum atomic E-state index is 13.7. The predicted octanol–water partition coefficient (Wildman–Crippen LogP) is 2.95. The van der Waals surface area contributed by atoms with Crippen molar-refractivity contribution < 1.29 is 23.1 Å². The highest BCUT2D eigenvalue weighted by molar-refractivity contribution is 5.97. The standard InChI is InChI=1S/C16H18FNO4/c1-4-8-18-15(19)10(3)21-16(20)13-9(2)11-6-5-7-12(17)14(11)22-13/h5-7,10H,4,8H2,1-3H3,(H,18,19)/t10-/m0/s1. The molecule has 1 atom stereocenters. The fourth-order valence-electron chi connectivity index (χ4n) is 2.06. The summed E-state index contributed by atoms with van der Waals surface area (Å²) in [6.07, 6.45) is -0.162. The van der Waals surface area contributed by atoms with Crippen molar-refractivity contribution >= 4 is 22.8 Å². The lowest BCUT2D eigenvalue weighted by atomic mass is 10.1. The van der Waals surface area contributed by atoms with Crippen LogP contribution < -0.4 is 5.32 Å². The number of benzene rings is 1. The number of para-hydroxylation sites is 1. The third kappa shape index (κ3) is 3.10. The van der Waals surface area contributed by atoms with Crippen LogP contribution in [0.3, 0.4) is 0 Å². The van der Waals surface area contributed by atoms with Crippen LogP contribution in [0.5, 0.6) is 0 Å². The highest BCUT2D eigenvalue weighted by Gasteiger charge is 2.24. The molecule has 6 heteroatoms. The molecule has 2 aromatic rings. The van der Waals surface area contributed by atoms with E-state index in [1.54, 1.807) is 13.0 Å². The lowest BCUT2D eigenvalue weighted by Crippen LogP contribution is -2.36. The molecule has 0 radical (unpaired) electrons. The van der Waals surface area contributed by atoms with Gasteiger partial charge in [0, 0.05) is 17.5 Å². The summed E-state index contributed by atoms with van der Waals surface area (Å²) >= 11 is 0. The molecule has 0 fully saturated rings. The van der Waals surface area contributed by atoms with Gasteiger partial charge >= 0.3 is 5.97 Å². The molecule has 1 amide bonds. The van der Waals surface area contributed by atoms with Crippen molar-refractivity contribution in [3.05, 3.63) is 35.3 Å². The number of carbonyl (C=O) groups excluding carboxylic acids is 2. The summed E-state index contributed by atoms with van der Waals surface area (Å²) in [5.41, 5.74) is 0.496. The Morgan fingerprint density at radius 2 is 2.14 bits per heavy atom. The Morgan fingerprint density at radius 3 is 2.77 bits per heavy atom. The number of hydrogen-bond donors (Lipinski definition) is 1. The first-order valence-corrected chi connectivity index (χ1v) is 7.12. The van der Waals surface area contributed by atoms with E-state index < -0.39 is 17.9 Å². The molecule has 0 spiro atoms. The molecule has 2 rings (SSSR count). The van der Waals surface area contributed by atoms with E-state index >= 15 is 0 Å². The third-order valence-electron chi connectivity index (χ3n) is 3.30. The molecule has 118 valence electrons. The molecule has 1 N–H and O–H groups in total. The van der Waals surface area contributed by atoms with Crippen molar-refractivity contribution in [1.29, 1.82) is 0 Å². The van der Waals surface area contributed by atoms with Crippen LogP contribution in [0.1, 0.15) is 36.4 Å². The molecule has 0 saturated carbocycles. The van der Waals surface area contributed by atoms with Gasteiger partial charge in [-0.05, 0) is 26.3 Å². The predicted molar refractivity (Wildman–Crippen MR) is 79.1 cm³/mol. The van der Waals surface area contributed by atoms with Crippen LogP contribution in [0.15, 0.2) is 22.6 Å². The van der Waals surface area contributed by atoms with Crippen molar-refractivity contribution in [2.75, 3.05) is 6.54 Å². The Morgan fingerprint density at radius 1 is 1.41 bits per heavy atom. The van der Waals surface area contributed by atoms with Gasteiger partial charge < -0.3 is 14.5 Å². The number of fused-ring (bicyclic) bond motifs is 1. The summed E-state index contributed by atoms with van der Waals surface area (Å²) in [6, 6.07) is 4.45. The summed E-state index contributed by atoms with van der Waals surface area (Å²) in [7, 11) is 0. The number of furan rings is 1. The Labute approximate surface area is 127 Å². The third-order valence-corrected chi connectivity index (χ3v) is 3.30. The molecule has 1 heterocycles. The van der Waals surface area contributed by atoms with Gasteiger partial charge in [-0.25, -0.2) is 9.18 Å². The van der Waals surface area contributed by atoms with Crippen molar-refractivity contribution in [3.8, 4) is 0 Å². The van der Waals surface area contributed by atoms with Gasteiger partial charge in [0.05, 0.1) is 0 Å². The Balaban J connectivity index is 2.18. The van der Waals surface area contributed by atoms with Crippen LogP contribution in [0, 0.1) is 12.7 Å². The van der Waals surface area contributed by atoms with Crippen LogP contribution in [-0.4, -0.2) is 24.5 Å². The van der Waals surface area contributed by atoms with E-state index in [0.29, 0.717) is 17.5 Å². The van der Waals surface area contributed by atoms with Crippen LogP contribution in [0.4, 0.5) is 4.39 Å². The minimum Gasteiger partial charge on any atom is -0.447 e. The highest BCUT2D eigenvalue weighted by Crippen LogP contribution is 2.27. The van der Waals surface area contributed by atoms with E-state index in [0.717, 1.165) is 6.42 Å². The number of hydrogen-bond acceptors (Lipinski definition) is 4. The summed E-state index contributed by atoms with van der Waals surface area (Å²) in [5.74, 6) is -1.80. The Kier molecular flexibility index (Phi) is 4.80. The molecule has 1 aromatic carbocycles. The first-order valence-electron chi connectivity index (χ1n) is 7.12. The van der Waals surface area contributed by atoms with Crippen LogP contribution in [-0.2, 0) is 9.53 Å². The van der Waals surface area contributed by atoms with Gasteiger partial charge in [-0.1, -0.05) is 19.1 Å². The maximum Gasteiger partial charge on any atom is 0.375 e. The van der Waals surface area contributed by atoms with E-state index in [1.807, 2.05) is 6.92 Å². The van der Waals surface area contributed by atoms with Crippen molar-refractivity contribution in [3.63, 3.8) is 0 Å². The molecule has 22 heavy (non-hydrogen) atoms. The molecule has 0 aliphatic carbocycles. The van der Waals surface area contributed by atoms with Gasteiger partial charge in [0.2, 0.25) is 5.76 Å². The number of halogens is 1. The quantitative estimate of drug-likeness (QED) is 0.862. The SMILES string of the molecule is CCCNC(=O)[C@H](C)OC(=O)c1oc2c(F)cccc2c1C. The van der Waals surface area contributed by atoms with Crippen LogP contribution in [0.25, 0.3) is 11.0 Å². The molecule has 0 aliphatic rings. The second-order valence-electron chi connectivity index (χ2n) is 5.01. The average molecular weight is 307 g/mol. The summed E-state index contributed by atoms with van der Waals surface area (Å²) in [6.45, 7) is 5.55. The van der Waals surface area contributed by atoms with Crippen molar-refractivity contribution in [1.82, 2.24) is 5.32 Å². The van der Waals surface area contributed by atoms with Crippen molar-refractivity contribution in [2.45, 2.75) is 33.3 Å². The number of aryl methyl sites for hydroxylation is 1. The fraction of sp³-hybridized carbons (Fsp3) is 0.375. The first kappa shape index (κ1) is 16.0. The lowest BCUT2D eigenvalue weighted by molar-refractivity contribution is -0.129. The van der Waals surface area contributed by atoms with Gasteiger partial charge in [-0.15, -0.1) is 0 Å². The van der Waals surface area contributed by atoms with Gasteiger partial charge in [0.15, 0.2) is 17.5 Å². The Bertz CT molecular complexity index is 707. The summed E-state index contributed by atoms with van der Waals surface area (Å²) in [4.78, 5) is 23.8. The van der Waals surface area contributed by atoms with Gasteiger partial charge in [0.1, 0.15) is 0 Å². The molecule has 0 aliphatic heterocycles. The van der Waals surface area contributed by atoms with E-state index in [9.17, 15) is 14.0 Å². The normalized spacial score (nSPS) is 12.2. The number of ether oxygens (including phenoxy) is 1. The number of rotatable bonds is 5. The number of nitrogens with one attached hydrogen (secondary N) is 1. The monoisotopic (exact) mass is 307 g/mol. The second kappa shape index (κ2) is 6.60. The summed E-state index contributed by atoms with van der Waals surface area (Å²) < 4.78 is 24.0. The fourth-order valence-corrected chi connectivity index (χ4v) is 2.06. The highest BCUT2D eigenvalue weighted by atomic mass is 19.1. The summed E-state index contributed by atoms with van der Waals surface area (Å²) in [5, 5.41) is 3.14. The lowest BCUT2D eigenvalue weighted by Gasteiger charge is -2.12. The average Bonchev–Trinajstić information content (AvgIpc) is 2.83. The van der Waals surface area contributed by atoms with Crippen molar-refractivity contribution in [2.24, 2.45) is 0 Å². The zero-order valence-corrected chi connectivity index (χ0v) is 12.7. The maximum absolute atomic E-state index is 13.7. The molecular weight excluding hydrogens is 289 g/mol. The molecule has 0 saturated heterocycles. The van der Waals surface area contributed by atoms with Crippen LogP contribution >= 0.6 is 0 Å². The number of carbonyl (C=O) groups is 2. The molecular formula is C16H18FNO4. The molecule has 1 aromatic heterocycles. The molecule has 0 bridgehead atoms. The zero-order chi connectivity index (χ0) is 16.3. The van der Waals surface area contributed by atoms with E-state index in [4.69, 9.17) is 9.15 Å². The second-order valence-corrected chi connectivity index (χ2v) is 5.01. The van der Waals surface area contributed by atoms with Gasteiger partial charge in [0.25, 0.3) is 5.91 Å².